The molecule has 0 aliphatic carbocycles. The van der Waals surface area contributed by atoms with Gasteiger partial charge in [-0.15, -0.1) is 0 Å². The predicted molar refractivity (Wildman–Crippen MR) is 68.8 cm³/mol. The van der Waals surface area contributed by atoms with Gasteiger partial charge in [0.25, 0.3) is 5.56 Å². The molecular weight excluding hydrogens is 293 g/mol. The highest BCUT2D eigenvalue weighted by atomic mass is 35.5. The monoisotopic (exact) mass is 302 g/mol. The van der Waals surface area contributed by atoms with Crippen molar-refractivity contribution in [1.29, 1.82) is 0 Å². The Morgan fingerprint density at radius 3 is 2.35 bits per heavy atom. The predicted octanol–water partition coefficient (Wildman–Crippen LogP) is 3.27. The second-order valence-corrected chi connectivity index (χ2v) is 4.63. The highest BCUT2D eigenvalue weighted by Crippen LogP contribution is 2.29. The Balaban J connectivity index is 2.30. The summed E-state index contributed by atoms with van der Waals surface area (Å²) in [5.41, 5.74) is -0.491. The van der Waals surface area contributed by atoms with Gasteiger partial charge in [-0.1, -0.05) is 23.7 Å². The Bertz CT molecular complexity index is 677. The first-order valence-electron chi connectivity index (χ1n) is 5.67. The topological polar surface area (TPSA) is 34.9 Å². The molecule has 1 heterocycles. The maximum absolute atomic E-state index is 12.4. The van der Waals surface area contributed by atoms with Crippen LogP contribution >= 0.6 is 11.6 Å². The number of hydrogen-bond donors (Lipinski definition) is 0. The zero-order valence-corrected chi connectivity index (χ0v) is 11.2. The molecule has 2 rings (SSSR count). The van der Waals surface area contributed by atoms with Crippen molar-refractivity contribution in [2.75, 3.05) is 0 Å². The molecule has 0 fully saturated rings. The van der Waals surface area contributed by atoms with Gasteiger partial charge in [0, 0.05) is 6.07 Å². The molecule has 0 bridgehead atoms. The second-order valence-electron chi connectivity index (χ2n) is 4.25. The molecule has 0 unspecified atom stereocenters. The van der Waals surface area contributed by atoms with Crippen molar-refractivity contribution >= 4 is 11.6 Å². The molecule has 0 amide bonds. The number of rotatable bonds is 2. The Labute approximate surface area is 117 Å². The van der Waals surface area contributed by atoms with E-state index in [2.05, 4.69) is 4.98 Å². The lowest BCUT2D eigenvalue weighted by Gasteiger charge is -2.11. The van der Waals surface area contributed by atoms with Crippen LogP contribution in [0, 0.1) is 6.92 Å². The summed E-state index contributed by atoms with van der Waals surface area (Å²) < 4.78 is 38.7. The minimum absolute atomic E-state index is 0.0937. The Kier molecular flexibility index (Phi) is 3.85. The van der Waals surface area contributed by atoms with Crippen molar-refractivity contribution in [3.8, 4) is 0 Å². The van der Waals surface area contributed by atoms with Gasteiger partial charge in [-0.05, 0) is 24.6 Å². The number of aromatic nitrogens is 2. The third-order valence-electron chi connectivity index (χ3n) is 2.79. The molecule has 0 N–H and O–H groups in total. The third kappa shape index (κ3) is 3.19. The summed E-state index contributed by atoms with van der Waals surface area (Å²) in [4.78, 5) is 15.7. The van der Waals surface area contributed by atoms with Gasteiger partial charge in [-0.25, -0.2) is 4.98 Å². The van der Waals surface area contributed by atoms with E-state index in [-0.39, 0.29) is 17.3 Å². The summed E-state index contributed by atoms with van der Waals surface area (Å²) in [5.74, 6) is 0.405. The van der Waals surface area contributed by atoms with E-state index in [0.717, 1.165) is 12.1 Å². The average molecular weight is 303 g/mol. The van der Waals surface area contributed by atoms with E-state index >= 15 is 0 Å². The molecule has 0 saturated heterocycles. The molecule has 106 valence electrons. The van der Waals surface area contributed by atoms with Gasteiger partial charge in [0.15, 0.2) is 0 Å². The van der Waals surface area contributed by atoms with E-state index in [0.29, 0.717) is 11.4 Å². The van der Waals surface area contributed by atoms with Crippen LogP contribution in [0.4, 0.5) is 13.2 Å². The van der Waals surface area contributed by atoms with Crippen molar-refractivity contribution in [3.63, 3.8) is 0 Å². The fraction of sp³-hybridized carbons (Fsp3) is 0.231. The van der Waals surface area contributed by atoms with Gasteiger partial charge in [-0.3, -0.25) is 9.36 Å². The first-order chi connectivity index (χ1) is 9.27. The first-order valence-corrected chi connectivity index (χ1v) is 6.05. The van der Waals surface area contributed by atoms with Crippen LogP contribution in [0.1, 0.15) is 17.0 Å². The lowest BCUT2D eigenvalue weighted by atomic mass is 10.1. The van der Waals surface area contributed by atoms with Crippen LogP contribution in [-0.4, -0.2) is 9.55 Å². The van der Waals surface area contributed by atoms with Crippen molar-refractivity contribution in [1.82, 2.24) is 9.55 Å². The molecule has 1 aromatic heterocycles. The van der Waals surface area contributed by atoms with Crippen LogP contribution in [0.2, 0.25) is 5.15 Å². The normalized spacial score (nSPS) is 11.7. The summed E-state index contributed by atoms with van der Waals surface area (Å²) in [7, 11) is 0. The van der Waals surface area contributed by atoms with Gasteiger partial charge in [0.05, 0.1) is 12.1 Å². The molecule has 2 aromatic rings. The van der Waals surface area contributed by atoms with Crippen LogP contribution in [0.15, 0.2) is 35.1 Å². The van der Waals surface area contributed by atoms with Crippen molar-refractivity contribution < 1.29 is 13.2 Å². The summed E-state index contributed by atoms with van der Waals surface area (Å²) in [6.45, 7) is 1.75. The number of halogens is 4. The zero-order valence-electron chi connectivity index (χ0n) is 10.4. The maximum atomic E-state index is 12.4. The quantitative estimate of drug-likeness (QED) is 0.798. The molecule has 0 spiro atoms. The molecule has 7 heteroatoms. The molecule has 3 nitrogen and oxygen atoms in total. The van der Waals surface area contributed by atoms with Crippen LogP contribution in [0.3, 0.4) is 0 Å². The number of nitrogens with zero attached hydrogens (tertiary/aromatic N) is 2. The Hall–Kier alpha value is -1.82. The molecule has 20 heavy (non-hydrogen) atoms. The van der Waals surface area contributed by atoms with E-state index in [1.54, 1.807) is 6.92 Å². The Morgan fingerprint density at radius 2 is 1.85 bits per heavy atom. The number of alkyl halides is 3. The smallest absolute Gasteiger partial charge is 0.292 e. The average Bonchev–Trinajstić information content (AvgIpc) is 2.33. The van der Waals surface area contributed by atoms with E-state index in [1.807, 2.05) is 0 Å². The van der Waals surface area contributed by atoms with E-state index in [4.69, 9.17) is 11.6 Å². The van der Waals surface area contributed by atoms with Crippen molar-refractivity contribution in [2.24, 2.45) is 0 Å². The minimum atomic E-state index is -4.37. The highest BCUT2D eigenvalue weighted by Gasteiger charge is 2.29. The fourth-order valence-electron chi connectivity index (χ4n) is 1.76. The van der Waals surface area contributed by atoms with Gasteiger partial charge < -0.3 is 0 Å². The van der Waals surface area contributed by atoms with Crippen molar-refractivity contribution in [3.05, 3.63) is 62.8 Å². The molecule has 0 aliphatic rings. The summed E-state index contributed by atoms with van der Waals surface area (Å²) in [6.07, 6.45) is -4.37. The molecular formula is C13H10ClF3N2O. The molecule has 1 aromatic carbocycles. The Morgan fingerprint density at radius 1 is 1.25 bits per heavy atom. The van der Waals surface area contributed by atoms with Crippen LogP contribution in [-0.2, 0) is 12.7 Å². The first kappa shape index (κ1) is 14.6. The van der Waals surface area contributed by atoms with Gasteiger partial charge >= 0.3 is 6.18 Å². The molecule has 0 atom stereocenters. The number of benzene rings is 1. The summed E-state index contributed by atoms with van der Waals surface area (Å²) >= 11 is 5.65. The minimum Gasteiger partial charge on any atom is -0.292 e. The van der Waals surface area contributed by atoms with Gasteiger partial charge in [0.2, 0.25) is 0 Å². The third-order valence-corrected chi connectivity index (χ3v) is 2.98. The largest absolute Gasteiger partial charge is 0.416 e. The molecule has 0 aliphatic heterocycles. The lowest BCUT2D eigenvalue weighted by Crippen LogP contribution is -2.23. The zero-order chi connectivity index (χ0) is 14.9. The summed E-state index contributed by atoms with van der Waals surface area (Å²) in [5, 5.41) is 0.0937. The standard InChI is InChI=1S/C13H10ClF3N2O/c1-8-18-11(14)6-12(20)19(8)7-9-2-4-10(5-3-9)13(15,16)17/h2-6H,7H2,1H3. The van der Waals surface area contributed by atoms with Gasteiger partial charge in [0.1, 0.15) is 11.0 Å². The molecule has 0 radical (unpaired) electrons. The van der Waals surface area contributed by atoms with E-state index in [1.165, 1.54) is 22.8 Å². The van der Waals surface area contributed by atoms with Crippen molar-refractivity contribution in [2.45, 2.75) is 19.6 Å². The molecule has 0 saturated carbocycles. The van der Waals surface area contributed by atoms with Crippen LogP contribution in [0.5, 0.6) is 0 Å². The van der Waals surface area contributed by atoms with Crippen LogP contribution in [0.25, 0.3) is 0 Å². The number of aryl methyl sites for hydroxylation is 1. The van der Waals surface area contributed by atoms with Gasteiger partial charge in [-0.2, -0.15) is 13.2 Å². The SMILES string of the molecule is Cc1nc(Cl)cc(=O)n1Cc1ccc(C(F)(F)F)cc1. The fourth-order valence-corrected chi connectivity index (χ4v) is 1.98. The van der Waals surface area contributed by atoms with E-state index in [9.17, 15) is 18.0 Å². The van der Waals surface area contributed by atoms with Crippen LogP contribution < -0.4 is 5.56 Å². The maximum Gasteiger partial charge on any atom is 0.416 e. The lowest BCUT2D eigenvalue weighted by molar-refractivity contribution is -0.137. The summed E-state index contributed by atoms with van der Waals surface area (Å²) in [6, 6.07) is 5.81. The highest BCUT2D eigenvalue weighted by molar-refractivity contribution is 6.29. The van der Waals surface area contributed by atoms with E-state index < -0.39 is 11.7 Å². The number of hydrogen-bond acceptors (Lipinski definition) is 2. The second kappa shape index (κ2) is 5.28.